The first kappa shape index (κ1) is 15.0. The van der Waals surface area contributed by atoms with E-state index in [0.717, 1.165) is 19.4 Å². The first-order valence-electron chi connectivity index (χ1n) is 6.75. The van der Waals surface area contributed by atoms with Crippen LogP contribution in [0.3, 0.4) is 0 Å². The number of carboxylic acid groups (broad SMARTS) is 1. The average Bonchev–Trinajstić information content (AvgIpc) is 2.32. The molecule has 1 amide bonds. The van der Waals surface area contributed by atoms with Gasteiger partial charge in [0.2, 0.25) is 5.91 Å². The zero-order valence-electron chi connectivity index (χ0n) is 11.3. The summed E-state index contributed by atoms with van der Waals surface area (Å²) < 4.78 is 0. The second-order valence-corrected chi connectivity index (χ2v) is 5.22. The van der Waals surface area contributed by atoms with Crippen molar-refractivity contribution in [3.05, 3.63) is 0 Å². The third-order valence-electron chi connectivity index (χ3n) is 3.69. The Kier molecular flexibility index (Phi) is 5.59. The molecule has 1 rings (SSSR count). The first-order valence-corrected chi connectivity index (χ1v) is 6.75. The van der Waals surface area contributed by atoms with E-state index in [2.05, 4.69) is 17.6 Å². The van der Waals surface area contributed by atoms with Crippen molar-refractivity contribution in [3.63, 3.8) is 0 Å². The van der Waals surface area contributed by atoms with Gasteiger partial charge in [0.05, 0.1) is 0 Å². The van der Waals surface area contributed by atoms with Crippen LogP contribution in [0.1, 0.15) is 46.0 Å². The molecule has 5 heteroatoms. The maximum atomic E-state index is 11.8. The second kappa shape index (κ2) is 6.73. The minimum Gasteiger partial charge on any atom is -0.480 e. The minimum absolute atomic E-state index is 0.173. The number of aliphatic carboxylic acids is 1. The molecule has 0 aromatic carbocycles. The summed E-state index contributed by atoms with van der Waals surface area (Å²) in [5.74, 6) is -0.518. The van der Waals surface area contributed by atoms with Gasteiger partial charge in [0.25, 0.3) is 0 Å². The van der Waals surface area contributed by atoms with Crippen LogP contribution >= 0.6 is 0 Å². The van der Waals surface area contributed by atoms with Crippen LogP contribution in [0, 0.1) is 5.92 Å². The maximum Gasteiger partial charge on any atom is 0.329 e. The van der Waals surface area contributed by atoms with Crippen LogP contribution < -0.4 is 10.6 Å². The second-order valence-electron chi connectivity index (χ2n) is 5.22. The Bertz CT molecular complexity index is 297. The van der Waals surface area contributed by atoms with Crippen molar-refractivity contribution in [1.29, 1.82) is 0 Å². The summed E-state index contributed by atoms with van der Waals surface area (Å²) in [6.45, 7) is 5.50. The van der Waals surface area contributed by atoms with Crippen LogP contribution in [0.5, 0.6) is 0 Å². The number of amides is 1. The molecule has 0 radical (unpaired) electrons. The van der Waals surface area contributed by atoms with Crippen molar-refractivity contribution in [2.75, 3.05) is 13.1 Å². The average molecular weight is 256 g/mol. The molecule has 0 heterocycles. The Morgan fingerprint density at radius 3 is 2.44 bits per heavy atom. The Hall–Kier alpha value is -1.10. The van der Waals surface area contributed by atoms with Crippen LogP contribution in [-0.2, 0) is 9.59 Å². The highest BCUT2D eigenvalue weighted by Crippen LogP contribution is 2.32. The molecular formula is C13H24N2O3. The van der Waals surface area contributed by atoms with E-state index >= 15 is 0 Å². The minimum atomic E-state index is -1.03. The van der Waals surface area contributed by atoms with Crippen LogP contribution in [-0.4, -0.2) is 35.6 Å². The van der Waals surface area contributed by atoms with Crippen LogP contribution in [0.4, 0.5) is 0 Å². The van der Waals surface area contributed by atoms with Gasteiger partial charge in [0.15, 0.2) is 0 Å². The zero-order valence-corrected chi connectivity index (χ0v) is 11.3. The molecule has 1 saturated carbocycles. The third-order valence-corrected chi connectivity index (χ3v) is 3.69. The Labute approximate surface area is 108 Å². The van der Waals surface area contributed by atoms with Gasteiger partial charge in [0.1, 0.15) is 5.54 Å². The predicted octanol–water partition coefficient (Wildman–Crippen LogP) is 1.14. The largest absolute Gasteiger partial charge is 0.480 e. The molecule has 18 heavy (non-hydrogen) atoms. The summed E-state index contributed by atoms with van der Waals surface area (Å²) in [6, 6.07) is 0. The van der Waals surface area contributed by atoms with E-state index in [1.807, 2.05) is 6.92 Å². The van der Waals surface area contributed by atoms with E-state index in [9.17, 15) is 14.7 Å². The molecule has 0 bridgehead atoms. The highest BCUT2D eigenvalue weighted by atomic mass is 16.4. The van der Waals surface area contributed by atoms with Crippen molar-refractivity contribution < 1.29 is 14.7 Å². The van der Waals surface area contributed by atoms with Crippen molar-refractivity contribution in [2.45, 2.75) is 51.5 Å². The maximum absolute atomic E-state index is 11.8. The summed E-state index contributed by atoms with van der Waals surface area (Å²) in [5, 5.41) is 15.2. The lowest BCUT2D eigenvalue weighted by Gasteiger charge is -2.36. The van der Waals surface area contributed by atoms with Gasteiger partial charge in [-0.3, -0.25) is 4.79 Å². The SMILES string of the molecule is CCNCCC(=O)NC1(C(=O)O)CCC(C)CC1. The van der Waals surface area contributed by atoms with Gasteiger partial charge in [-0.15, -0.1) is 0 Å². The van der Waals surface area contributed by atoms with Gasteiger partial charge in [-0.1, -0.05) is 13.8 Å². The van der Waals surface area contributed by atoms with Crippen molar-refractivity contribution in [3.8, 4) is 0 Å². The first-order chi connectivity index (χ1) is 8.50. The molecule has 1 fully saturated rings. The molecule has 0 unspecified atom stereocenters. The molecular weight excluding hydrogens is 232 g/mol. The quantitative estimate of drug-likeness (QED) is 0.623. The van der Waals surface area contributed by atoms with Gasteiger partial charge in [-0.2, -0.15) is 0 Å². The van der Waals surface area contributed by atoms with Gasteiger partial charge in [-0.25, -0.2) is 4.79 Å². The topological polar surface area (TPSA) is 78.4 Å². The monoisotopic (exact) mass is 256 g/mol. The summed E-state index contributed by atoms with van der Waals surface area (Å²) in [7, 11) is 0. The summed E-state index contributed by atoms with van der Waals surface area (Å²) in [4.78, 5) is 23.2. The molecule has 0 saturated heterocycles. The molecule has 0 aliphatic heterocycles. The number of carbonyl (C=O) groups excluding carboxylic acids is 1. The molecule has 1 aliphatic rings. The molecule has 5 nitrogen and oxygen atoms in total. The molecule has 0 atom stereocenters. The van der Waals surface area contributed by atoms with Gasteiger partial charge >= 0.3 is 5.97 Å². The molecule has 3 N–H and O–H groups in total. The van der Waals surface area contributed by atoms with Crippen molar-refractivity contribution in [2.24, 2.45) is 5.92 Å². The van der Waals surface area contributed by atoms with E-state index in [1.54, 1.807) is 0 Å². The third kappa shape index (κ3) is 3.98. The fraction of sp³-hybridized carbons (Fsp3) is 0.846. The summed E-state index contributed by atoms with van der Waals surface area (Å²) in [6.07, 6.45) is 3.13. The Balaban J connectivity index is 2.52. The summed E-state index contributed by atoms with van der Waals surface area (Å²) >= 11 is 0. The van der Waals surface area contributed by atoms with Crippen LogP contribution in [0.2, 0.25) is 0 Å². The zero-order chi connectivity index (χ0) is 13.6. The molecule has 0 spiro atoms. The molecule has 104 valence electrons. The Morgan fingerprint density at radius 1 is 1.33 bits per heavy atom. The normalized spacial score (nSPS) is 27.8. The lowest BCUT2D eigenvalue weighted by molar-refractivity contribution is -0.149. The Morgan fingerprint density at radius 2 is 1.94 bits per heavy atom. The highest BCUT2D eigenvalue weighted by molar-refractivity contribution is 5.87. The molecule has 0 aromatic rings. The smallest absolute Gasteiger partial charge is 0.329 e. The highest BCUT2D eigenvalue weighted by Gasteiger charge is 2.42. The van der Waals surface area contributed by atoms with Gasteiger partial charge < -0.3 is 15.7 Å². The molecule has 1 aliphatic carbocycles. The number of hydrogen-bond acceptors (Lipinski definition) is 3. The number of rotatable bonds is 6. The fourth-order valence-corrected chi connectivity index (χ4v) is 2.36. The summed E-state index contributed by atoms with van der Waals surface area (Å²) in [5.41, 5.74) is -1.03. The van der Waals surface area contributed by atoms with Crippen LogP contribution in [0.25, 0.3) is 0 Å². The van der Waals surface area contributed by atoms with E-state index in [1.165, 1.54) is 0 Å². The van der Waals surface area contributed by atoms with Gasteiger partial charge in [-0.05, 0) is 38.1 Å². The standard InChI is InChI=1S/C13H24N2O3/c1-3-14-9-6-11(16)15-13(12(17)18)7-4-10(2)5-8-13/h10,14H,3-9H2,1-2H3,(H,15,16)(H,17,18). The molecule has 0 aromatic heterocycles. The van der Waals surface area contributed by atoms with Crippen molar-refractivity contribution >= 4 is 11.9 Å². The van der Waals surface area contributed by atoms with Crippen molar-refractivity contribution in [1.82, 2.24) is 10.6 Å². The number of carbonyl (C=O) groups is 2. The predicted molar refractivity (Wildman–Crippen MR) is 69.3 cm³/mol. The van der Waals surface area contributed by atoms with E-state index in [-0.39, 0.29) is 5.91 Å². The lowest BCUT2D eigenvalue weighted by atomic mass is 9.77. The number of nitrogens with one attached hydrogen (secondary N) is 2. The van der Waals surface area contributed by atoms with E-state index in [4.69, 9.17) is 0 Å². The number of hydrogen-bond donors (Lipinski definition) is 3. The van der Waals surface area contributed by atoms with Gasteiger partial charge in [0, 0.05) is 13.0 Å². The lowest BCUT2D eigenvalue weighted by Crippen LogP contribution is -2.56. The van der Waals surface area contributed by atoms with Crippen LogP contribution in [0.15, 0.2) is 0 Å². The fourth-order valence-electron chi connectivity index (χ4n) is 2.36. The van der Waals surface area contributed by atoms with E-state index < -0.39 is 11.5 Å². The number of carboxylic acids is 1. The van der Waals surface area contributed by atoms with E-state index in [0.29, 0.717) is 31.7 Å².